The number of aliphatic carboxylic acids is 1. The van der Waals surface area contributed by atoms with Crippen LogP contribution in [0.3, 0.4) is 0 Å². The number of carbonyl (C=O) groups is 2. The van der Waals surface area contributed by atoms with Crippen LogP contribution in [0, 0.1) is 0 Å². The van der Waals surface area contributed by atoms with E-state index < -0.39 is 12.0 Å². The number of hydrogen-bond acceptors (Lipinski definition) is 3. The van der Waals surface area contributed by atoms with Crippen molar-refractivity contribution in [1.29, 1.82) is 0 Å². The summed E-state index contributed by atoms with van der Waals surface area (Å²) in [6.45, 7) is 0. The van der Waals surface area contributed by atoms with Gasteiger partial charge in [-0.05, 0) is 17.7 Å². The zero-order valence-corrected chi connectivity index (χ0v) is 9.18. The molecular weight excluding hydrogens is 208 g/mol. The first kappa shape index (κ1) is 12.2. The summed E-state index contributed by atoms with van der Waals surface area (Å²) < 4.78 is 0. The molecule has 1 aromatic rings. The zero-order valence-electron chi connectivity index (χ0n) is 9.18. The SMILES string of the molecule is CN(C)C(=O)c1ccc(C(N)C(=O)O)cc1. The molecule has 3 N–H and O–H groups in total. The van der Waals surface area contributed by atoms with Crippen molar-refractivity contribution in [3.8, 4) is 0 Å². The fourth-order valence-electron chi connectivity index (χ4n) is 1.23. The Hall–Kier alpha value is -1.88. The molecule has 5 nitrogen and oxygen atoms in total. The lowest BCUT2D eigenvalue weighted by Crippen LogP contribution is -2.23. The van der Waals surface area contributed by atoms with Crippen molar-refractivity contribution in [1.82, 2.24) is 4.90 Å². The van der Waals surface area contributed by atoms with Gasteiger partial charge >= 0.3 is 5.97 Å². The number of benzene rings is 1. The average molecular weight is 222 g/mol. The second-order valence-corrected chi connectivity index (χ2v) is 3.64. The van der Waals surface area contributed by atoms with Crippen LogP contribution >= 0.6 is 0 Å². The van der Waals surface area contributed by atoms with Crippen LogP contribution in [-0.2, 0) is 4.79 Å². The molecule has 0 aliphatic heterocycles. The molecule has 0 heterocycles. The van der Waals surface area contributed by atoms with Crippen molar-refractivity contribution in [3.05, 3.63) is 35.4 Å². The van der Waals surface area contributed by atoms with Crippen LogP contribution in [0.2, 0.25) is 0 Å². The number of nitrogens with zero attached hydrogens (tertiary/aromatic N) is 1. The molecule has 16 heavy (non-hydrogen) atoms. The third-order valence-corrected chi connectivity index (χ3v) is 2.19. The van der Waals surface area contributed by atoms with Gasteiger partial charge < -0.3 is 15.7 Å². The van der Waals surface area contributed by atoms with Crippen LogP contribution in [0.1, 0.15) is 22.0 Å². The first-order valence-electron chi connectivity index (χ1n) is 4.73. The minimum absolute atomic E-state index is 0.129. The molecule has 1 unspecified atom stereocenters. The van der Waals surface area contributed by atoms with Crippen molar-refractivity contribution in [2.45, 2.75) is 6.04 Å². The maximum Gasteiger partial charge on any atom is 0.325 e. The molecule has 86 valence electrons. The Morgan fingerprint density at radius 2 is 1.75 bits per heavy atom. The monoisotopic (exact) mass is 222 g/mol. The van der Waals surface area contributed by atoms with E-state index in [1.165, 1.54) is 4.90 Å². The van der Waals surface area contributed by atoms with Crippen LogP contribution in [0.15, 0.2) is 24.3 Å². The van der Waals surface area contributed by atoms with Crippen LogP contribution in [-0.4, -0.2) is 36.0 Å². The topological polar surface area (TPSA) is 83.6 Å². The molecule has 5 heteroatoms. The molecule has 1 rings (SSSR count). The van der Waals surface area contributed by atoms with Gasteiger partial charge in [-0.3, -0.25) is 9.59 Å². The van der Waals surface area contributed by atoms with Gasteiger partial charge in [0, 0.05) is 19.7 Å². The number of hydrogen-bond donors (Lipinski definition) is 2. The molecule has 0 aliphatic carbocycles. The van der Waals surface area contributed by atoms with E-state index in [1.54, 1.807) is 38.4 Å². The second-order valence-electron chi connectivity index (χ2n) is 3.64. The summed E-state index contributed by atoms with van der Waals surface area (Å²) in [5.74, 6) is -1.22. The Balaban J connectivity index is 2.91. The number of carbonyl (C=O) groups excluding carboxylic acids is 1. The van der Waals surface area contributed by atoms with Crippen molar-refractivity contribution in [2.75, 3.05) is 14.1 Å². The maximum absolute atomic E-state index is 11.5. The quantitative estimate of drug-likeness (QED) is 0.778. The summed E-state index contributed by atoms with van der Waals surface area (Å²) >= 11 is 0. The number of nitrogens with two attached hydrogens (primary N) is 1. The number of carboxylic acid groups (broad SMARTS) is 1. The minimum Gasteiger partial charge on any atom is -0.480 e. The van der Waals surface area contributed by atoms with Crippen molar-refractivity contribution >= 4 is 11.9 Å². The Kier molecular flexibility index (Phi) is 3.63. The van der Waals surface area contributed by atoms with Gasteiger partial charge in [-0.2, -0.15) is 0 Å². The molecule has 0 fully saturated rings. The highest BCUT2D eigenvalue weighted by Gasteiger charge is 2.15. The van der Waals surface area contributed by atoms with Crippen LogP contribution in [0.25, 0.3) is 0 Å². The maximum atomic E-state index is 11.5. The first-order chi connectivity index (χ1) is 7.43. The second kappa shape index (κ2) is 4.76. The van der Waals surface area contributed by atoms with Gasteiger partial charge in [-0.1, -0.05) is 12.1 Å². The van der Waals surface area contributed by atoms with Crippen molar-refractivity contribution in [2.24, 2.45) is 5.73 Å². The van der Waals surface area contributed by atoms with E-state index >= 15 is 0 Å². The van der Waals surface area contributed by atoms with Gasteiger partial charge in [0.2, 0.25) is 0 Å². The fourth-order valence-corrected chi connectivity index (χ4v) is 1.23. The lowest BCUT2D eigenvalue weighted by molar-refractivity contribution is -0.138. The molecule has 1 amide bonds. The lowest BCUT2D eigenvalue weighted by Gasteiger charge is -2.11. The van der Waals surface area contributed by atoms with E-state index in [0.717, 1.165) is 0 Å². The first-order valence-corrected chi connectivity index (χ1v) is 4.73. The summed E-state index contributed by atoms with van der Waals surface area (Å²) in [4.78, 5) is 23.6. The summed E-state index contributed by atoms with van der Waals surface area (Å²) in [6.07, 6.45) is 0. The van der Waals surface area contributed by atoms with E-state index in [2.05, 4.69) is 0 Å². The molecule has 0 bridgehead atoms. The van der Waals surface area contributed by atoms with Gasteiger partial charge in [-0.25, -0.2) is 0 Å². The van der Waals surface area contributed by atoms with E-state index in [-0.39, 0.29) is 5.91 Å². The Morgan fingerprint density at radius 1 is 1.25 bits per heavy atom. The highest BCUT2D eigenvalue weighted by Crippen LogP contribution is 2.12. The van der Waals surface area contributed by atoms with Crippen LogP contribution in [0.4, 0.5) is 0 Å². The third kappa shape index (κ3) is 2.58. The van der Waals surface area contributed by atoms with Gasteiger partial charge in [0.05, 0.1) is 0 Å². The molecule has 0 aliphatic rings. The van der Waals surface area contributed by atoms with E-state index in [1.807, 2.05) is 0 Å². The van der Waals surface area contributed by atoms with Gasteiger partial charge in [0.1, 0.15) is 6.04 Å². The Morgan fingerprint density at radius 3 is 2.12 bits per heavy atom. The van der Waals surface area contributed by atoms with Crippen molar-refractivity contribution in [3.63, 3.8) is 0 Å². The normalized spacial score (nSPS) is 11.9. The summed E-state index contributed by atoms with van der Waals surface area (Å²) in [7, 11) is 3.30. The molecule has 0 saturated carbocycles. The number of rotatable bonds is 3. The van der Waals surface area contributed by atoms with Gasteiger partial charge in [-0.15, -0.1) is 0 Å². The van der Waals surface area contributed by atoms with E-state index in [9.17, 15) is 9.59 Å². The highest BCUT2D eigenvalue weighted by molar-refractivity contribution is 5.94. The number of carboxylic acids is 1. The predicted octanol–water partition coefficient (Wildman–Crippen LogP) is 0.473. The standard InChI is InChI=1S/C11H14N2O3/c1-13(2)10(14)8-5-3-7(4-6-8)9(12)11(15)16/h3-6,9H,12H2,1-2H3,(H,15,16). The highest BCUT2D eigenvalue weighted by atomic mass is 16.4. The van der Waals surface area contributed by atoms with E-state index in [0.29, 0.717) is 11.1 Å². The molecule has 1 aromatic carbocycles. The fraction of sp³-hybridized carbons (Fsp3) is 0.273. The smallest absolute Gasteiger partial charge is 0.325 e. The summed E-state index contributed by atoms with van der Waals surface area (Å²) in [5.41, 5.74) is 6.41. The average Bonchev–Trinajstić information content (AvgIpc) is 2.27. The van der Waals surface area contributed by atoms with Gasteiger partial charge in [0.25, 0.3) is 5.91 Å². The lowest BCUT2D eigenvalue weighted by atomic mass is 10.1. The summed E-state index contributed by atoms with van der Waals surface area (Å²) in [5, 5.41) is 8.70. The number of amides is 1. The zero-order chi connectivity index (χ0) is 12.3. The molecular formula is C11H14N2O3. The largest absolute Gasteiger partial charge is 0.480 e. The Bertz CT molecular complexity index is 398. The van der Waals surface area contributed by atoms with Crippen molar-refractivity contribution < 1.29 is 14.7 Å². The van der Waals surface area contributed by atoms with Crippen LogP contribution in [0.5, 0.6) is 0 Å². The van der Waals surface area contributed by atoms with E-state index in [4.69, 9.17) is 10.8 Å². The molecule has 0 aromatic heterocycles. The predicted molar refractivity (Wildman–Crippen MR) is 59.0 cm³/mol. The Labute approximate surface area is 93.5 Å². The van der Waals surface area contributed by atoms with Gasteiger partial charge in [0.15, 0.2) is 0 Å². The summed E-state index contributed by atoms with van der Waals surface area (Å²) in [6, 6.07) is 5.19. The molecule has 0 saturated heterocycles. The molecule has 1 atom stereocenters. The minimum atomic E-state index is -1.09. The van der Waals surface area contributed by atoms with Crippen LogP contribution < -0.4 is 5.73 Å². The molecule has 0 spiro atoms. The third-order valence-electron chi connectivity index (χ3n) is 2.19. The molecule has 0 radical (unpaired) electrons.